The molecular weight excluding hydrogens is 342 g/mol. The van der Waals surface area contributed by atoms with E-state index < -0.39 is 17.8 Å². The van der Waals surface area contributed by atoms with Gasteiger partial charge in [0.2, 0.25) is 0 Å². The van der Waals surface area contributed by atoms with Crippen LogP contribution in [0.25, 0.3) is 0 Å². The molecule has 0 radical (unpaired) electrons. The Labute approximate surface area is 132 Å². The Morgan fingerprint density at radius 1 is 1.19 bits per heavy atom. The van der Waals surface area contributed by atoms with Crippen LogP contribution < -0.4 is 10.6 Å². The Hall–Kier alpha value is -1.83. The first-order valence-electron chi connectivity index (χ1n) is 5.42. The molecule has 1 heterocycles. The van der Waals surface area contributed by atoms with E-state index in [1.165, 1.54) is 11.4 Å². The standard InChI is InChI=1S/C12H7Cl2FN2O3S/c13-7-3-5(15)4-8(14)9(7)16-12(20)17-10-6(11(18)19)1-2-21-10/h1-4H,(H,18,19)(H2,16,17,20). The predicted octanol–water partition coefficient (Wildman–Crippen LogP) is 4.54. The number of nitrogens with one attached hydrogen (secondary N) is 2. The molecule has 1 aromatic carbocycles. The highest BCUT2D eigenvalue weighted by molar-refractivity contribution is 7.14. The molecule has 3 N–H and O–H groups in total. The van der Waals surface area contributed by atoms with Crippen molar-refractivity contribution in [1.82, 2.24) is 0 Å². The number of carbonyl (C=O) groups is 2. The summed E-state index contributed by atoms with van der Waals surface area (Å²) < 4.78 is 13.0. The molecule has 0 unspecified atom stereocenters. The van der Waals surface area contributed by atoms with Gasteiger partial charge in [-0.05, 0) is 23.6 Å². The molecule has 0 aliphatic carbocycles. The summed E-state index contributed by atoms with van der Waals surface area (Å²) in [5, 5.41) is 15.2. The van der Waals surface area contributed by atoms with E-state index in [0.29, 0.717) is 0 Å². The lowest BCUT2D eigenvalue weighted by molar-refractivity contribution is 0.0698. The number of thiophene rings is 1. The molecule has 1 aromatic heterocycles. The first kappa shape index (κ1) is 15.6. The van der Waals surface area contributed by atoms with Crippen LogP contribution in [-0.2, 0) is 0 Å². The number of hydrogen-bond donors (Lipinski definition) is 3. The molecule has 110 valence electrons. The van der Waals surface area contributed by atoms with E-state index in [4.69, 9.17) is 28.3 Å². The van der Waals surface area contributed by atoms with Gasteiger partial charge in [0.15, 0.2) is 0 Å². The molecule has 0 spiro atoms. The van der Waals surface area contributed by atoms with Crippen LogP contribution in [0.1, 0.15) is 10.4 Å². The minimum atomic E-state index is -1.16. The zero-order chi connectivity index (χ0) is 15.6. The molecule has 0 saturated carbocycles. The van der Waals surface area contributed by atoms with Crippen LogP contribution in [0, 0.1) is 5.82 Å². The molecule has 0 fully saturated rings. The average molecular weight is 349 g/mol. The molecule has 0 bridgehead atoms. The Kier molecular flexibility index (Phi) is 4.66. The first-order valence-corrected chi connectivity index (χ1v) is 7.05. The summed E-state index contributed by atoms with van der Waals surface area (Å²) in [7, 11) is 0. The van der Waals surface area contributed by atoms with E-state index in [1.54, 1.807) is 0 Å². The van der Waals surface area contributed by atoms with Crippen molar-refractivity contribution in [1.29, 1.82) is 0 Å². The lowest BCUT2D eigenvalue weighted by Gasteiger charge is -2.10. The Balaban J connectivity index is 2.16. The number of carboxylic acids is 1. The van der Waals surface area contributed by atoms with Gasteiger partial charge < -0.3 is 10.4 Å². The maximum atomic E-state index is 13.0. The number of halogens is 3. The second-order valence-electron chi connectivity index (χ2n) is 3.79. The van der Waals surface area contributed by atoms with Crippen molar-refractivity contribution in [3.8, 4) is 0 Å². The van der Waals surface area contributed by atoms with Gasteiger partial charge in [-0.1, -0.05) is 23.2 Å². The third-order valence-corrected chi connectivity index (χ3v) is 3.79. The number of urea groups is 1. The van der Waals surface area contributed by atoms with Crippen LogP contribution in [0.4, 0.5) is 19.9 Å². The third-order valence-electron chi connectivity index (χ3n) is 2.37. The molecule has 2 rings (SSSR count). The molecule has 0 aliphatic heterocycles. The molecule has 0 aliphatic rings. The van der Waals surface area contributed by atoms with Crippen LogP contribution in [0.15, 0.2) is 23.6 Å². The topological polar surface area (TPSA) is 78.4 Å². The fraction of sp³-hybridized carbons (Fsp3) is 0. The summed E-state index contributed by atoms with van der Waals surface area (Å²) in [6, 6.07) is 2.61. The van der Waals surface area contributed by atoms with Gasteiger partial charge in [-0.2, -0.15) is 0 Å². The normalized spacial score (nSPS) is 10.2. The van der Waals surface area contributed by atoms with Crippen LogP contribution in [-0.4, -0.2) is 17.1 Å². The van der Waals surface area contributed by atoms with Gasteiger partial charge in [0, 0.05) is 0 Å². The van der Waals surface area contributed by atoms with Crippen molar-refractivity contribution in [3.63, 3.8) is 0 Å². The smallest absolute Gasteiger partial charge is 0.338 e. The van der Waals surface area contributed by atoms with Crippen LogP contribution in [0.3, 0.4) is 0 Å². The second kappa shape index (κ2) is 6.30. The molecule has 0 atom stereocenters. The van der Waals surface area contributed by atoms with Gasteiger partial charge in [0.05, 0.1) is 21.3 Å². The molecule has 21 heavy (non-hydrogen) atoms. The van der Waals surface area contributed by atoms with Gasteiger partial charge in [0.25, 0.3) is 0 Å². The number of hydrogen-bond acceptors (Lipinski definition) is 3. The number of amides is 2. The highest BCUT2D eigenvalue weighted by Gasteiger charge is 2.16. The average Bonchev–Trinajstić information content (AvgIpc) is 2.82. The maximum absolute atomic E-state index is 13.0. The number of anilines is 2. The molecule has 5 nitrogen and oxygen atoms in total. The van der Waals surface area contributed by atoms with Gasteiger partial charge in [0.1, 0.15) is 10.8 Å². The van der Waals surface area contributed by atoms with Crippen molar-refractivity contribution < 1.29 is 19.1 Å². The van der Waals surface area contributed by atoms with Gasteiger partial charge in [-0.15, -0.1) is 11.3 Å². The van der Waals surface area contributed by atoms with Crippen molar-refractivity contribution in [3.05, 3.63) is 45.0 Å². The van der Waals surface area contributed by atoms with Crippen molar-refractivity contribution in [2.45, 2.75) is 0 Å². The van der Waals surface area contributed by atoms with E-state index in [-0.39, 0.29) is 26.3 Å². The summed E-state index contributed by atoms with van der Waals surface area (Å²) in [6.07, 6.45) is 0. The molecular formula is C12H7Cl2FN2O3S. The van der Waals surface area contributed by atoms with Crippen LogP contribution >= 0.6 is 34.5 Å². The number of carbonyl (C=O) groups excluding carboxylic acids is 1. The first-order chi connectivity index (χ1) is 9.88. The van der Waals surface area contributed by atoms with Gasteiger partial charge in [-0.25, -0.2) is 14.0 Å². The third kappa shape index (κ3) is 3.63. The fourth-order valence-electron chi connectivity index (χ4n) is 1.48. The fourth-order valence-corrected chi connectivity index (χ4v) is 2.81. The number of rotatable bonds is 3. The summed E-state index contributed by atoms with van der Waals surface area (Å²) >= 11 is 12.6. The quantitative estimate of drug-likeness (QED) is 0.761. The minimum Gasteiger partial charge on any atom is -0.478 e. The van der Waals surface area contributed by atoms with Gasteiger partial charge in [-0.3, -0.25) is 5.32 Å². The van der Waals surface area contributed by atoms with Gasteiger partial charge >= 0.3 is 12.0 Å². The highest BCUT2D eigenvalue weighted by atomic mass is 35.5. The van der Waals surface area contributed by atoms with Crippen molar-refractivity contribution in [2.24, 2.45) is 0 Å². The summed E-state index contributed by atoms with van der Waals surface area (Å²) in [5.74, 6) is -1.80. The Morgan fingerprint density at radius 2 is 1.81 bits per heavy atom. The summed E-state index contributed by atoms with van der Waals surface area (Å²) in [6.45, 7) is 0. The Bertz CT molecular complexity index is 697. The molecule has 2 amide bonds. The number of aromatic carboxylic acids is 1. The highest BCUT2D eigenvalue weighted by Crippen LogP contribution is 2.31. The van der Waals surface area contributed by atoms with E-state index >= 15 is 0 Å². The SMILES string of the molecule is O=C(Nc1sccc1C(=O)O)Nc1c(Cl)cc(F)cc1Cl. The van der Waals surface area contributed by atoms with E-state index in [9.17, 15) is 14.0 Å². The lowest BCUT2D eigenvalue weighted by Crippen LogP contribution is -2.20. The van der Waals surface area contributed by atoms with E-state index in [0.717, 1.165) is 23.5 Å². The van der Waals surface area contributed by atoms with E-state index in [1.807, 2.05) is 0 Å². The monoisotopic (exact) mass is 348 g/mol. The van der Waals surface area contributed by atoms with Crippen molar-refractivity contribution >= 4 is 57.2 Å². The zero-order valence-corrected chi connectivity index (χ0v) is 12.4. The Morgan fingerprint density at radius 3 is 2.38 bits per heavy atom. The second-order valence-corrected chi connectivity index (χ2v) is 5.52. The largest absolute Gasteiger partial charge is 0.478 e. The van der Waals surface area contributed by atoms with E-state index in [2.05, 4.69) is 10.6 Å². The maximum Gasteiger partial charge on any atom is 0.338 e. The molecule has 9 heteroatoms. The lowest BCUT2D eigenvalue weighted by atomic mass is 10.3. The zero-order valence-electron chi connectivity index (χ0n) is 10.1. The van der Waals surface area contributed by atoms with Crippen LogP contribution in [0.2, 0.25) is 10.0 Å². The summed E-state index contributed by atoms with van der Waals surface area (Å²) in [4.78, 5) is 22.7. The predicted molar refractivity (Wildman–Crippen MR) is 80.3 cm³/mol. The molecule has 0 saturated heterocycles. The minimum absolute atomic E-state index is 0.0330. The molecule has 2 aromatic rings. The van der Waals surface area contributed by atoms with Crippen LogP contribution in [0.5, 0.6) is 0 Å². The summed E-state index contributed by atoms with van der Waals surface area (Å²) in [5.41, 5.74) is -0.00267. The van der Waals surface area contributed by atoms with Crippen molar-refractivity contribution in [2.75, 3.05) is 10.6 Å². The number of benzene rings is 1. The number of carboxylic acid groups (broad SMARTS) is 1.